The molecule has 6 heteroatoms. The van der Waals surface area contributed by atoms with E-state index in [9.17, 15) is 0 Å². The summed E-state index contributed by atoms with van der Waals surface area (Å²) in [6.45, 7) is 0. The molecule has 0 saturated heterocycles. The van der Waals surface area contributed by atoms with E-state index < -0.39 is 0 Å². The Balaban J connectivity index is 1.10. The average Bonchev–Trinajstić information content (AvgIpc) is 4.06. The minimum Gasteiger partial charge on any atom is -0.310 e. The van der Waals surface area contributed by atoms with Gasteiger partial charge in [0.15, 0.2) is 0 Å². The second kappa shape index (κ2) is 16.1. The first-order valence-electron chi connectivity index (χ1n) is 22.2. The van der Waals surface area contributed by atoms with E-state index in [2.05, 4.69) is 251 Å². The Kier molecular flexibility index (Phi) is 9.41. The molecule has 312 valence electrons. The van der Waals surface area contributed by atoms with Crippen LogP contribution >= 0.6 is 34.0 Å². The van der Waals surface area contributed by atoms with Gasteiger partial charge in [0.1, 0.15) is 0 Å². The average molecular weight is 898 g/mol. The van der Waals surface area contributed by atoms with Gasteiger partial charge in [0.05, 0.1) is 5.69 Å². The molecule has 0 bridgehead atoms. The Morgan fingerprint density at radius 1 is 0.212 bits per heavy atom. The van der Waals surface area contributed by atoms with Crippen LogP contribution in [0.5, 0.6) is 0 Å². The summed E-state index contributed by atoms with van der Waals surface area (Å²) in [6, 6.07) is 86.5. The summed E-state index contributed by atoms with van der Waals surface area (Å²) in [7, 11) is 0. The first-order valence-corrected chi connectivity index (χ1v) is 24.6. The van der Waals surface area contributed by atoms with Crippen LogP contribution in [0.4, 0.5) is 51.2 Å². The number of rotatable bonds is 9. The van der Waals surface area contributed by atoms with Crippen LogP contribution in [-0.4, -0.2) is 0 Å². The molecule has 0 amide bonds. The predicted molar refractivity (Wildman–Crippen MR) is 289 cm³/mol. The second-order valence-corrected chi connectivity index (χ2v) is 19.8. The lowest BCUT2D eigenvalue weighted by Crippen LogP contribution is -2.13. The zero-order valence-electron chi connectivity index (χ0n) is 35.6. The van der Waals surface area contributed by atoms with Gasteiger partial charge in [0, 0.05) is 106 Å². The van der Waals surface area contributed by atoms with E-state index in [1.807, 2.05) is 34.0 Å². The molecule has 0 N–H and O–H groups in total. The summed E-state index contributed by atoms with van der Waals surface area (Å²) >= 11 is 5.58. The highest BCUT2D eigenvalue weighted by Gasteiger charge is 2.25. The number of benzene rings is 10. The van der Waals surface area contributed by atoms with E-state index in [4.69, 9.17) is 0 Å². The number of fused-ring (bicyclic) bond motifs is 9. The first-order chi connectivity index (χ1) is 32.7. The quantitative estimate of drug-likeness (QED) is 0.143. The van der Waals surface area contributed by atoms with Crippen molar-refractivity contribution < 1.29 is 0 Å². The number of nitrogens with zero attached hydrogens (tertiary/aromatic N) is 3. The molecule has 0 fully saturated rings. The SMILES string of the molecule is c1ccc(N(c2cc(N(c3ccccc3)c3ccc4c(c3)sc3ccccc34)c3c(c2)sc2ccc(N(c4ccccc4)c4ccccc4)cc23)c2ccc3sc4ccccc4c3c2)cc1. The summed E-state index contributed by atoms with van der Waals surface area (Å²) in [4.78, 5) is 7.29. The van der Waals surface area contributed by atoms with Gasteiger partial charge in [0.25, 0.3) is 0 Å². The van der Waals surface area contributed by atoms with Crippen molar-refractivity contribution in [2.75, 3.05) is 14.7 Å². The molecule has 3 heterocycles. The fourth-order valence-corrected chi connectivity index (χ4v) is 13.0. The summed E-state index contributed by atoms with van der Waals surface area (Å²) in [5.41, 5.74) is 9.97. The third-order valence-corrected chi connectivity index (χ3v) is 16.0. The molecule has 0 aliphatic heterocycles. The largest absolute Gasteiger partial charge is 0.310 e. The standard InChI is InChI=1S/C60H39N3S3/c1-5-17-40(18-6-1)61(41-19-7-2-8-20-41)45-31-34-57-52(36-45)60-53(63(43-23-11-4-12-24-43)46-29-32-50-48-25-13-15-27-54(48)65-58(50)38-46)37-47(39-59(60)66-57)62(42-21-9-3-10-22-42)44-30-33-56-51(35-44)49-26-14-16-28-55(49)64-56/h1-39H. The predicted octanol–water partition coefficient (Wildman–Crippen LogP) is 19.2. The van der Waals surface area contributed by atoms with Crippen LogP contribution < -0.4 is 14.7 Å². The molecule has 10 aromatic carbocycles. The van der Waals surface area contributed by atoms with Gasteiger partial charge in [0.2, 0.25) is 0 Å². The topological polar surface area (TPSA) is 9.72 Å². The minimum atomic E-state index is 1.09. The van der Waals surface area contributed by atoms with E-state index in [1.54, 1.807) is 0 Å². The van der Waals surface area contributed by atoms with Crippen LogP contribution in [0.15, 0.2) is 237 Å². The number of hydrogen-bond donors (Lipinski definition) is 0. The molecule has 13 rings (SSSR count). The van der Waals surface area contributed by atoms with Crippen LogP contribution in [-0.2, 0) is 0 Å². The summed E-state index contributed by atoms with van der Waals surface area (Å²) in [5.74, 6) is 0. The highest BCUT2D eigenvalue weighted by Crippen LogP contribution is 2.51. The summed E-state index contributed by atoms with van der Waals surface area (Å²) in [6.07, 6.45) is 0. The zero-order valence-corrected chi connectivity index (χ0v) is 38.0. The fraction of sp³-hybridized carbons (Fsp3) is 0. The van der Waals surface area contributed by atoms with Gasteiger partial charge in [-0.3, -0.25) is 0 Å². The molecule has 13 aromatic rings. The minimum absolute atomic E-state index is 1.09. The van der Waals surface area contributed by atoms with E-state index in [0.717, 1.165) is 51.2 Å². The van der Waals surface area contributed by atoms with Crippen molar-refractivity contribution in [3.05, 3.63) is 237 Å². The molecule has 3 nitrogen and oxygen atoms in total. The van der Waals surface area contributed by atoms with Gasteiger partial charge in [-0.05, 0) is 121 Å². The zero-order chi connectivity index (χ0) is 43.6. The number of thiophene rings is 3. The summed E-state index contributed by atoms with van der Waals surface area (Å²) in [5, 5.41) is 7.57. The molecule has 0 saturated carbocycles. The molecule has 0 atom stereocenters. The van der Waals surface area contributed by atoms with Crippen LogP contribution in [0.2, 0.25) is 0 Å². The first kappa shape index (κ1) is 38.7. The van der Waals surface area contributed by atoms with E-state index in [-0.39, 0.29) is 0 Å². The Morgan fingerprint density at radius 3 is 1.18 bits per heavy atom. The molecular formula is C60H39N3S3. The second-order valence-electron chi connectivity index (χ2n) is 16.5. The lowest BCUT2D eigenvalue weighted by atomic mass is 10.0. The van der Waals surface area contributed by atoms with Crippen LogP contribution in [0.1, 0.15) is 0 Å². The molecule has 0 aliphatic rings. The van der Waals surface area contributed by atoms with Crippen LogP contribution in [0.3, 0.4) is 0 Å². The van der Waals surface area contributed by atoms with Crippen molar-refractivity contribution >= 4 is 146 Å². The van der Waals surface area contributed by atoms with Gasteiger partial charge in [-0.25, -0.2) is 0 Å². The normalized spacial score (nSPS) is 11.6. The Morgan fingerprint density at radius 2 is 0.591 bits per heavy atom. The maximum atomic E-state index is 2.49. The summed E-state index contributed by atoms with van der Waals surface area (Å²) < 4.78 is 7.61. The lowest BCUT2D eigenvalue weighted by molar-refractivity contribution is 1.27. The van der Waals surface area contributed by atoms with Crippen molar-refractivity contribution in [1.82, 2.24) is 0 Å². The Hall–Kier alpha value is -7.74. The smallest absolute Gasteiger partial charge is 0.0575 e. The van der Waals surface area contributed by atoms with Crippen LogP contribution in [0, 0.1) is 0 Å². The molecule has 0 aliphatic carbocycles. The number of anilines is 9. The van der Waals surface area contributed by atoms with Gasteiger partial charge < -0.3 is 14.7 Å². The molecule has 66 heavy (non-hydrogen) atoms. The van der Waals surface area contributed by atoms with E-state index in [0.29, 0.717) is 0 Å². The van der Waals surface area contributed by atoms with Crippen molar-refractivity contribution in [1.29, 1.82) is 0 Å². The number of para-hydroxylation sites is 4. The Bertz CT molecular complexity index is 3860. The van der Waals surface area contributed by atoms with Gasteiger partial charge in [-0.1, -0.05) is 115 Å². The molecule has 0 unspecified atom stereocenters. The van der Waals surface area contributed by atoms with E-state index in [1.165, 1.54) is 60.5 Å². The van der Waals surface area contributed by atoms with Gasteiger partial charge in [-0.2, -0.15) is 0 Å². The monoisotopic (exact) mass is 897 g/mol. The lowest BCUT2D eigenvalue weighted by Gasteiger charge is -2.30. The maximum Gasteiger partial charge on any atom is 0.0575 e. The maximum absolute atomic E-state index is 2.49. The number of hydrogen-bond acceptors (Lipinski definition) is 6. The molecule has 0 spiro atoms. The molecule has 0 radical (unpaired) electrons. The van der Waals surface area contributed by atoms with Crippen molar-refractivity contribution in [3.8, 4) is 0 Å². The Labute approximate surface area is 394 Å². The highest BCUT2D eigenvalue weighted by molar-refractivity contribution is 7.26. The highest BCUT2D eigenvalue weighted by atomic mass is 32.1. The molecular weight excluding hydrogens is 859 g/mol. The van der Waals surface area contributed by atoms with Crippen LogP contribution in [0.25, 0.3) is 60.5 Å². The molecule has 3 aromatic heterocycles. The fourth-order valence-electron chi connectivity index (χ4n) is 9.64. The van der Waals surface area contributed by atoms with Crippen molar-refractivity contribution in [3.63, 3.8) is 0 Å². The van der Waals surface area contributed by atoms with E-state index >= 15 is 0 Å². The third-order valence-electron chi connectivity index (χ3n) is 12.6. The van der Waals surface area contributed by atoms with Gasteiger partial charge >= 0.3 is 0 Å². The third kappa shape index (κ3) is 6.61. The van der Waals surface area contributed by atoms with Crippen molar-refractivity contribution in [2.45, 2.75) is 0 Å². The van der Waals surface area contributed by atoms with Crippen molar-refractivity contribution in [2.24, 2.45) is 0 Å². The van der Waals surface area contributed by atoms with Gasteiger partial charge in [-0.15, -0.1) is 34.0 Å².